The van der Waals surface area contributed by atoms with Crippen LogP contribution in [0.25, 0.3) is 11.1 Å². The Balaban J connectivity index is 1.76. The Bertz CT molecular complexity index is 729. The molecule has 0 bridgehead atoms. The number of amides is 2. The third kappa shape index (κ3) is 3.67. The number of urea groups is 1. The van der Waals surface area contributed by atoms with Gasteiger partial charge in [0, 0.05) is 23.8 Å². The molecule has 1 aliphatic rings. The van der Waals surface area contributed by atoms with Gasteiger partial charge in [0.1, 0.15) is 0 Å². The normalized spacial score (nSPS) is 17.3. The SMILES string of the molecule is Cc1cc(-c2cccc(Cl)c2)ccc1NC(=O)N1CCC(C)C1. The van der Waals surface area contributed by atoms with E-state index in [1.807, 2.05) is 48.2 Å². The Morgan fingerprint density at radius 1 is 1.22 bits per heavy atom. The van der Waals surface area contributed by atoms with Crippen molar-refractivity contribution >= 4 is 23.3 Å². The molecule has 4 heteroatoms. The molecule has 0 aromatic heterocycles. The lowest BCUT2D eigenvalue weighted by molar-refractivity contribution is 0.221. The Labute approximate surface area is 142 Å². The van der Waals surface area contributed by atoms with Crippen molar-refractivity contribution in [1.29, 1.82) is 0 Å². The summed E-state index contributed by atoms with van der Waals surface area (Å²) >= 11 is 6.06. The fourth-order valence-corrected chi connectivity index (χ4v) is 3.16. The number of hydrogen-bond acceptors (Lipinski definition) is 1. The van der Waals surface area contributed by atoms with Crippen LogP contribution in [-0.2, 0) is 0 Å². The number of nitrogens with one attached hydrogen (secondary N) is 1. The van der Waals surface area contributed by atoms with Crippen molar-refractivity contribution in [2.45, 2.75) is 20.3 Å². The Morgan fingerprint density at radius 3 is 2.65 bits per heavy atom. The van der Waals surface area contributed by atoms with Gasteiger partial charge >= 0.3 is 6.03 Å². The van der Waals surface area contributed by atoms with E-state index in [4.69, 9.17) is 11.6 Å². The average Bonchev–Trinajstić information content (AvgIpc) is 2.96. The second kappa shape index (κ2) is 6.63. The summed E-state index contributed by atoms with van der Waals surface area (Å²) in [5.41, 5.74) is 4.08. The molecule has 1 fully saturated rings. The highest BCUT2D eigenvalue weighted by atomic mass is 35.5. The van der Waals surface area contributed by atoms with Gasteiger partial charge in [-0.2, -0.15) is 0 Å². The Morgan fingerprint density at radius 2 is 2.00 bits per heavy atom. The number of likely N-dealkylation sites (tertiary alicyclic amines) is 1. The molecule has 0 radical (unpaired) electrons. The van der Waals surface area contributed by atoms with Crippen molar-refractivity contribution < 1.29 is 4.79 Å². The van der Waals surface area contributed by atoms with Crippen LogP contribution < -0.4 is 5.32 Å². The number of anilines is 1. The molecule has 2 amide bonds. The number of carbonyl (C=O) groups excluding carboxylic acids is 1. The van der Waals surface area contributed by atoms with E-state index in [0.717, 1.165) is 46.9 Å². The van der Waals surface area contributed by atoms with Gasteiger partial charge in [-0.15, -0.1) is 0 Å². The molecule has 3 rings (SSSR count). The summed E-state index contributed by atoms with van der Waals surface area (Å²) in [6.07, 6.45) is 1.08. The predicted octanol–water partition coefficient (Wildman–Crippen LogP) is 5.19. The molecule has 0 saturated carbocycles. The molecule has 0 aliphatic carbocycles. The van der Waals surface area contributed by atoms with E-state index in [1.54, 1.807) is 0 Å². The van der Waals surface area contributed by atoms with E-state index in [1.165, 1.54) is 0 Å². The monoisotopic (exact) mass is 328 g/mol. The van der Waals surface area contributed by atoms with Crippen LogP contribution in [0.4, 0.5) is 10.5 Å². The maximum atomic E-state index is 12.3. The van der Waals surface area contributed by atoms with Crippen LogP contribution in [0.5, 0.6) is 0 Å². The summed E-state index contributed by atoms with van der Waals surface area (Å²) in [7, 11) is 0. The minimum absolute atomic E-state index is 0.00652. The predicted molar refractivity (Wildman–Crippen MR) is 96.0 cm³/mol. The third-order valence-corrected chi connectivity index (χ3v) is 4.57. The van der Waals surface area contributed by atoms with E-state index in [0.29, 0.717) is 5.92 Å². The number of halogens is 1. The van der Waals surface area contributed by atoms with Crippen molar-refractivity contribution in [3.8, 4) is 11.1 Å². The zero-order valence-electron chi connectivity index (χ0n) is 13.5. The largest absolute Gasteiger partial charge is 0.324 e. The molecule has 2 aromatic carbocycles. The van der Waals surface area contributed by atoms with Gasteiger partial charge in [-0.1, -0.05) is 36.7 Å². The zero-order valence-corrected chi connectivity index (χ0v) is 14.2. The van der Waals surface area contributed by atoms with Crippen molar-refractivity contribution in [3.05, 3.63) is 53.1 Å². The lowest BCUT2D eigenvalue weighted by Gasteiger charge is -2.18. The lowest BCUT2D eigenvalue weighted by atomic mass is 10.0. The molecule has 3 nitrogen and oxygen atoms in total. The number of nitrogens with zero attached hydrogens (tertiary/aromatic N) is 1. The summed E-state index contributed by atoms with van der Waals surface area (Å²) in [5, 5.41) is 3.75. The zero-order chi connectivity index (χ0) is 16.4. The Hall–Kier alpha value is -2.00. The fourth-order valence-electron chi connectivity index (χ4n) is 2.97. The highest BCUT2D eigenvalue weighted by Gasteiger charge is 2.23. The average molecular weight is 329 g/mol. The molecule has 1 atom stereocenters. The molecule has 23 heavy (non-hydrogen) atoms. The number of aryl methyl sites for hydroxylation is 1. The number of carbonyl (C=O) groups is 1. The summed E-state index contributed by atoms with van der Waals surface area (Å²) in [4.78, 5) is 14.2. The van der Waals surface area contributed by atoms with Crippen LogP contribution in [0.3, 0.4) is 0 Å². The van der Waals surface area contributed by atoms with Crippen molar-refractivity contribution in [3.63, 3.8) is 0 Å². The smallest absolute Gasteiger partial charge is 0.321 e. The number of hydrogen-bond donors (Lipinski definition) is 1. The standard InChI is InChI=1S/C19H21ClN2O/c1-13-8-9-22(12-13)19(23)21-18-7-6-16(10-14(18)2)15-4-3-5-17(20)11-15/h3-7,10-11,13H,8-9,12H2,1-2H3,(H,21,23). The molecular weight excluding hydrogens is 308 g/mol. The van der Waals surface area contributed by atoms with Crippen LogP contribution in [0, 0.1) is 12.8 Å². The van der Waals surface area contributed by atoms with E-state index in [2.05, 4.69) is 18.3 Å². The quantitative estimate of drug-likeness (QED) is 0.808. The van der Waals surface area contributed by atoms with Crippen LogP contribution in [-0.4, -0.2) is 24.0 Å². The van der Waals surface area contributed by atoms with E-state index < -0.39 is 0 Å². The van der Waals surface area contributed by atoms with Crippen molar-refractivity contribution in [2.75, 3.05) is 18.4 Å². The molecule has 0 spiro atoms. The topological polar surface area (TPSA) is 32.3 Å². The van der Waals surface area contributed by atoms with Gasteiger partial charge in [0.15, 0.2) is 0 Å². The van der Waals surface area contributed by atoms with E-state index in [-0.39, 0.29) is 6.03 Å². The summed E-state index contributed by atoms with van der Waals surface area (Å²) in [6.45, 7) is 5.87. The van der Waals surface area contributed by atoms with Gasteiger partial charge in [0.25, 0.3) is 0 Å². The van der Waals surface area contributed by atoms with Crippen molar-refractivity contribution in [1.82, 2.24) is 4.90 Å². The van der Waals surface area contributed by atoms with Gasteiger partial charge in [-0.05, 0) is 60.2 Å². The first-order valence-corrected chi connectivity index (χ1v) is 8.33. The highest BCUT2D eigenvalue weighted by Crippen LogP contribution is 2.27. The minimum Gasteiger partial charge on any atom is -0.324 e. The molecule has 1 saturated heterocycles. The van der Waals surface area contributed by atoms with Crippen LogP contribution in [0.15, 0.2) is 42.5 Å². The molecule has 1 heterocycles. The number of rotatable bonds is 2. The van der Waals surface area contributed by atoms with Crippen LogP contribution in [0.2, 0.25) is 5.02 Å². The first-order chi connectivity index (χ1) is 11.0. The van der Waals surface area contributed by atoms with Crippen LogP contribution >= 0.6 is 11.6 Å². The maximum Gasteiger partial charge on any atom is 0.321 e. The van der Waals surface area contributed by atoms with Gasteiger partial charge in [0.2, 0.25) is 0 Å². The van der Waals surface area contributed by atoms with E-state index in [9.17, 15) is 4.79 Å². The maximum absolute atomic E-state index is 12.3. The molecule has 2 aromatic rings. The molecule has 1 N–H and O–H groups in total. The van der Waals surface area contributed by atoms with Gasteiger partial charge in [-0.3, -0.25) is 0 Å². The number of benzene rings is 2. The lowest BCUT2D eigenvalue weighted by Crippen LogP contribution is -2.33. The van der Waals surface area contributed by atoms with Crippen LogP contribution in [0.1, 0.15) is 18.9 Å². The van der Waals surface area contributed by atoms with E-state index >= 15 is 0 Å². The second-order valence-corrected chi connectivity index (χ2v) is 6.75. The van der Waals surface area contributed by atoms with Gasteiger partial charge in [0.05, 0.1) is 0 Å². The van der Waals surface area contributed by atoms with Gasteiger partial charge in [-0.25, -0.2) is 4.79 Å². The molecule has 120 valence electrons. The first-order valence-electron chi connectivity index (χ1n) is 7.95. The third-order valence-electron chi connectivity index (χ3n) is 4.34. The summed E-state index contributed by atoms with van der Waals surface area (Å²) in [6, 6.07) is 13.8. The summed E-state index contributed by atoms with van der Waals surface area (Å²) in [5.74, 6) is 0.590. The first kappa shape index (κ1) is 15.9. The summed E-state index contributed by atoms with van der Waals surface area (Å²) < 4.78 is 0. The second-order valence-electron chi connectivity index (χ2n) is 6.31. The highest BCUT2D eigenvalue weighted by molar-refractivity contribution is 6.30. The van der Waals surface area contributed by atoms with Crippen molar-refractivity contribution in [2.24, 2.45) is 5.92 Å². The molecule has 1 unspecified atom stereocenters. The minimum atomic E-state index is -0.00652. The Kier molecular flexibility index (Phi) is 4.58. The molecular formula is C19H21ClN2O. The fraction of sp³-hybridized carbons (Fsp3) is 0.316. The van der Waals surface area contributed by atoms with Gasteiger partial charge < -0.3 is 10.2 Å². The molecule has 1 aliphatic heterocycles.